The average Bonchev–Trinajstić information content (AvgIpc) is 2.67. The molecule has 2 atom stereocenters. The minimum absolute atomic E-state index is 0. The van der Waals surface area contributed by atoms with Crippen molar-refractivity contribution < 1.29 is 69.5 Å². The molecule has 0 aromatic rings. The van der Waals surface area contributed by atoms with Gasteiger partial charge in [0, 0.05) is 5.25 Å². The molecule has 0 aliphatic carbocycles. The maximum absolute atomic E-state index is 11.4. The number of rotatable bonds is 22. The first-order chi connectivity index (χ1) is 13.9. The number of unbranched alkanes of at least 4 members (excludes halogenated alkanes) is 14. The zero-order chi connectivity index (χ0) is 21.8. The van der Waals surface area contributed by atoms with E-state index in [9.17, 15) is 18.1 Å². The van der Waals surface area contributed by atoms with E-state index in [2.05, 4.69) is 13.8 Å². The van der Waals surface area contributed by atoms with Crippen molar-refractivity contribution in [3.05, 3.63) is 0 Å². The monoisotopic (exact) mass is 472 g/mol. The van der Waals surface area contributed by atoms with Crippen LogP contribution in [0, 0.1) is 0 Å². The summed E-state index contributed by atoms with van der Waals surface area (Å²) in [5.41, 5.74) is 0. The minimum Gasteiger partial charge on any atom is -0.748 e. The molecule has 1 N–H and O–H groups in total. The third kappa shape index (κ3) is 22.7. The maximum atomic E-state index is 11.4. The quantitative estimate of drug-likeness (QED) is 0.146. The van der Waals surface area contributed by atoms with E-state index in [1.807, 2.05) is 0 Å². The summed E-state index contributed by atoms with van der Waals surface area (Å²) in [6.45, 7) is 4.36. The van der Waals surface area contributed by atoms with Crippen LogP contribution in [0.25, 0.3) is 0 Å². The predicted octanol–water partition coefficient (Wildman–Crippen LogP) is 4.11. The molecule has 0 saturated heterocycles. The predicted molar refractivity (Wildman–Crippen MR) is 123 cm³/mol. The molecule has 0 aliphatic heterocycles. The van der Waals surface area contributed by atoms with Crippen LogP contribution in [0.15, 0.2) is 0 Å². The molecule has 30 heavy (non-hydrogen) atoms. The van der Waals surface area contributed by atoms with Gasteiger partial charge in [-0.15, -0.1) is 0 Å². The van der Waals surface area contributed by atoms with E-state index in [0.29, 0.717) is 19.3 Å². The topological polar surface area (TPSA) is 77.4 Å². The van der Waals surface area contributed by atoms with Crippen LogP contribution >= 0.6 is 0 Å². The van der Waals surface area contributed by atoms with Gasteiger partial charge < -0.3 is 9.66 Å². The van der Waals surface area contributed by atoms with E-state index in [1.165, 1.54) is 64.2 Å². The minimum atomic E-state index is -4.26. The normalized spacial score (nSPS) is 13.7. The first kappa shape index (κ1) is 33.7. The van der Waals surface area contributed by atoms with Crippen molar-refractivity contribution >= 4 is 10.1 Å². The first-order valence-electron chi connectivity index (χ1n) is 12.5. The number of aliphatic hydroxyl groups excluding tert-OH is 1. The van der Waals surface area contributed by atoms with Gasteiger partial charge in [0.05, 0.1) is 16.2 Å². The van der Waals surface area contributed by atoms with Gasteiger partial charge in [-0.05, 0) is 25.7 Å². The smallest absolute Gasteiger partial charge is 0.748 e. The standard InChI is InChI=1S/C24H50O4S.K/c1-3-5-7-9-10-11-12-13-14-15-16-17-19-23(25)21-22-24(29(26,27)28)20-18-8-6-4-2;/h23-25H,3-22H2,1-2H3,(H,26,27,28);/q;+1/p-1. The summed E-state index contributed by atoms with van der Waals surface area (Å²) in [7, 11) is -4.26. The van der Waals surface area contributed by atoms with E-state index < -0.39 is 21.5 Å². The Morgan fingerprint density at radius 3 is 1.40 bits per heavy atom. The molecular weight excluding hydrogens is 423 g/mol. The second-order valence-electron chi connectivity index (χ2n) is 8.87. The third-order valence-corrected chi connectivity index (χ3v) is 7.29. The van der Waals surface area contributed by atoms with Crippen LogP contribution < -0.4 is 51.4 Å². The van der Waals surface area contributed by atoms with Gasteiger partial charge in [-0.2, -0.15) is 0 Å². The molecule has 6 heteroatoms. The van der Waals surface area contributed by atoms with Gasteiger partial charge in [-0.1, -0.05) is 117 Å². The van der Waals surface area contributed by atoms with Crippen LogP contribution in [-0.4, -0.2) is 29.4 Å². The van der Waals surface area contributed by atoms with Crippen LogP contribution in [-0.2, 0) is 10.1 Å². The molecule has 0 rings (SSSR count). The Balaban J connectivity index is 0. The first-order valence-corrected chi connectivity index (χ1v) is 14.0. The van der Waals surface area contributed by atoms with Crippen molar-refractivity contribution in [2.45, 2.75) is 154 Å². The zero-order valence-corrected chi connectivity index (χ0v) is 24.3. The molecule has 0 radical (unpaired) electrons. The number of aliphatic hydroxyl groups is 1. The third-order valence-electron chi connectivity index (χ3n) is 6.00. The Hall–Kier alpha value is 1.51. The molecule has 0 fully saturated rings. The number of hydrogen-bond acceptors (Lipinski definition) is 4. The van der Waals surface area contributed by atoms with Gasteiger partial charge in [0.1, 0.15) is 0 Å². The van der Waals surface area contributed by atoms with Crippen molar-refractivity contribution in [1.82, 2.24) is 0 Å². The Morgan fingerprint density at radius 2 is 0.967 bits per heavy atom. The second kappa shape index (κ2) is 23.7. The summed E-state index contributed by atoms with van der Waals surface area (Å²) >= 11 is 0. The molecule has 0 aromatic carbocycles. The molecule has 176 valence electrons. The van der Waals surface area contributed by atoms with Crippen LogP contribution in [0.5, 0.6) is 0 Å². The largest absolute Gasteiger partial charge is 1.00 e. The van der Waals surface area contributed by atoms with Gasteiger partial charge in [0.2, 0.25) is 0 Å². The SMILES string of the molecule is CCCCCCCCCCCCCCC(O)CCC(CCCCCC)S(=O)(=O)[O-].[K+]. The van der Waals surface area contributed by atoms with Crippen molar-refractivity contribution in [2.75, 3.05) is 0 Å². The molecule has 0 spiro atoms. The summed E-state index contributed by atoms with van der Waals surface area (Å²) in [6.07, 6.45) is 20.8. The van der Waals surface area contributed by atoms with E-state index >= 15 is 0 Å². The van der Waals surface area contributed by atoms with E-state index in [-0.39, 0.29) is 51.4 Å². The van der Waals surface area contributed by atoms with Crippen LogP contribution in [0.1, 0.15) is 142 Å². The van der Waals surface area contributed by atoms with Gasteiger partial charge in [0.25, 0.3) is 0 Å². The van der Waals surface area contributed by atoms with Crippen molar-refractivity contribution in [2.24, 2.45) is 0 Å². The van der Waals surface area contributed by atoms with E-state index in [1.54, 1.807) is 0 Å². The van der Waals surface area contributed by atoms with Crippen molar-refractivity contribution in [3.63, 3.8) is 0 Å². The fourth-order valence-electron chi connectivity index (χ4n) is 3.98. The van der Waals surface area contributed by atoms with Crippen LogP contribution in [0.4, 0.5) is 0 Å². The number of hydrogen-bond donors (Lipinski definition) is 1. The molecule has 0 heterocycles. The Kier molecular flexibility index (Phi) is 26.6. The van der Waals surface area contributed by atoms with Crippen LogP contribution in [0.2, 0.25) is 0 Å². The molecule has 0 saturated carbocycles. The summed E-state index contributed by atoms with van der Waals surface area (Å²) in [5.74, 6) is 0. The molecular formula is C24H49KO4S. The summed E-state index contributed by atoms with van der Waals surface area (Å²) in [6, 6.07) is 0. The summed E-state index contributed by atoms with van der Waals surface area (Å²) in [5, 5.41) is 9.31. The molecule has 0 amide bonds. The van der Waals surface area contributed by atoms with Gasteiger partial charge in [-0.25, -0.2) is 8.42 Å². The van der Waals surface area contributed by atoms with Gasteiger partial charge in [-0.3, -0.25) is 0 Å². The van der Waals surface area contributed by atoms with E-state index in [0.717, 1.165) is 44.9 Å². The fraction of sp³-hybridized carbons (Fsp3) is 1.00. The van der Waals surface area contributed by atoms with Gasteiger partial charge >= 0.3 is 51.4 Å². The summed E-state index contributed by atoms with van der Waals surface area (Å²) < 4.78 is 34.3. The Morgan fingerprint density at radius 1 is 0.600 bits per heavy atom. The zero-order valence-electron chi connectivity index (χ0n) is 20.4. The molecule has 0 aliphatic rings. The van der Waals surface area contributed by atoms with E-state index in [4.69, 9.17) is 0 Å². The Labute approximate surface area is 230 Å². The Bertz CT molecular complexity index is 442. The molecule has 0 bridgehead atoms. The fourth-order valence-corrected chi connectivity index (χ4v) is 4.86. The maximum Gasteiger partial charge on any atom is 1.00 e. The molecule has 2 unspecified atom stereocenters. The molecule has 0 aromatic heterocycles. The van der Waals surface area contributed by atoms with Gasteiger partial charge in [0.15, 0.2) is 0 Å². The second-order valence-corrected chi connectivity index (χ2v) is 10.5. The van der Waals surface area contributed by atoms with Crippen LogP contribution in [0.3, 0.4) is 0 Å². The van der Waals surface area contributed by atoms with Crippen molar-refractivity contribution in [3.8, 4) is 0 Å². The summed E-state index contributed by atoms with van der Waals surface area (Å²) in [4.78, 5) is 0. The molecule has 4 nitrogen and oxygen atoms in total. The van der Waals surface area contributed by atoms with Crippen molar-refractivity contribution in [1.29, 1.82) is 0 Å². The average molecular weight is 473 g/mol.